The molecule has 0 bridgehead atoms. The molecule has 1 aromatic carbocycles. The van der Waals surface area contributed by atoms with Gasteiger partial charge in [-0.25, -0.2) is 8.42 Å². The number of nitrogens with one attached hydrogen (secondary N) is 2. The number of carbonyl (C=O) groups is 1. The minimum Gasteiger partial charge on any atom is -0.350 e. The lowest BCUT2D eigenvalue weighted by Gasteiger charge is -2.18. The molecular weight excluding hydrogens is 314 g/mol. The average molecular weight is 341 g/mol. The van der Waals surface area contributed by atoms with Crippen molar-refractivity contribution in [2.24, 2.45) is 5.73 Å². The van der Waals surface area contributed by atoms with Crippen LogP contribution in [0.1, 0.15) is 50.6 Å². The number of unbranched alkanes of at least 4 members (excludes halogenated alkanes) is 3. The van der Waals surface area contributed by atoms with Crippen molar-refractivity contribution in [1.29, 1.82) is 0 Å². The van der Waals surface area contributed by atoms with Gasteiger partial charge in [-0.2, -0.15) is 0 Å². The predicted molar refractivity (Wildman–Crippen MR) is 93.6 cm³/mol. The number of carbonyl (C=O) groups excluding carboxylic acids is 1. The Hall–Kier alpha value is -1.60. The molecule has 1 unspecified atom stereocenters. The summed E-state index contributed by atoms with van der Waals surface area (Å²) in [4.78, 5) is 12.0. The van der Waals surface area contributed by atoms with Crippen molar-refractivity contribution in [3.8, 4) is 0 Å². The van der Waals surface area contributed by atoms with Crippen molar-refractivity contribution in [2.75, 3.05) is 17.5 Å². The first-order chi connectivity index (χ1) is 10.8. The van der Waals surface area contributed by atoms with Crippen LogP contribution in [0, 0.1) is 0 Å². The molecule has 0 fully saturated rings. The molecule has 7 heteroatoms. The summed E-state index contributed by atoms with van der Waals surface area (Å²) in [5, 5.41) is 2.91. The smallest absolute Gasteiger partial charge is 0.229 e. The Bertz CT molecular complexity index is 602. The van der Waals surface area contributed by atoms with E-state index in [1.807, 2.05) is 13.0 Å². The first kappa shape index (κ1) is 19.4. The summed E-state index contributed by atoms with van der Waals surface area (Å²) in [6, 6.07) is 6.80. The standard InChI is InChI=1S/C16H27N3O3S/c1-13(18-16(20)11-5-3-4-8-12-17)14-9-6-7-10-15(14)19-23(2,21)22/h6-7,9-10,13,19H,3-5,8,11-12,17H2,1-2H3,(H,18,20). The lowest BCUT2D eigenvalue weighted by molar-refractivity contribution is -0.121. The molecule has 0 aliphatic rings. The van der Waals surface area contributed by atoms with Gasteiger partial charge in [0, 0.05) is 6.42 Å². The van der Waals surface area contributed by atoms with Gasteiger partial charge in [0.2, 0.25) is 15.9 Å². The Morgan fingerprint density at radius 3 is 2.48 bits per heavy atom. The molecule has 130 valence electrons. The molecule has 0 aliphatic carbocycles. The number of rotatable bonds is 10. The molecule has 1 rings (SSSR count). The van der Waals surface area contributed by atoms with Crippen molar-refractivity contribution in [3.05, 3.63) is 29.8 Å². The first-order valence-corrected chi connectivity index (χ1v) is 9.79. The van der Waals surface area contributed by atoms with Gasteiger partial charge in [-0.1, -0.05) is 31.0 Å². The fourth-order valence-electron chi connectivity index (χ4n) is 2.34. The number of hydrogen-bond acceptors (Lipinski definition) is 4. The first-order valence-electron chi connectivity index (χ1n) is 7.89. The number of sulfonamides is 1. The maximum atomic E-state index is 12.0. The number of benzene rings is 1. The molecule has 0 aromatic heterocycles. The van der Waals surface area contributed by atoms with E-state index < -0.39 is 10.0 Å². The lowest BCUT2D eigenvalue weighted by Crippen LogP contribution is -2.27. The SMILES string of the molecule is CC(NC(=O)CCCCCCN)c1ccccc1NS(C)(=O)=O. The van der Waals surface area contributed by atoms with Crippen LogP contribution in [0.5, 0.6) is 0 Å². The molecule has 0 radical (unpaired) electrons. The quantitative estimate of drug-likeness (QED) is 0.567. The zero-order chi connectivity index (χ0) is 17.3. The number of anilines is 1. The summed E-state index contributed by atoms with van der Waals surface area (Å²) < 4.78 is 25.3. The summed E-state index contributed by atoms with van der Waals surface area (Å²) in [6.45, 7) is 2.53. The lowest BCUT2D eigenvalue weighted by atomic mass is 10.1. The molecule has 4 N–H and O–H groups in total. The molecule has 6 nitrogen and oxygen atoms in total. The van der Waals surface area contributed by atoms with E-state index in [4.69, 9.17) is 5.73 Å². The Balaban J connectivity index is 2.57. The third kappa shape index (κ3) is 7.99. The van der Waals surface area contributed by atoms with Crippen molar-refractivity contribution in [1.82, 2.24) is 5.32 Å². The van der Waals surface area contributed by atoms with E-state index in [9.17, 15) is 13.2 Å². The summed E-state index contributed by atoms with van der Waals surface area (Å²) in [5.41, 5.74) is 6.67. The Kier molecular flexibility index (Phi) is 8.05. The average Bonchev–Trinajstić information content (AvgIpc) is 2.45. The summed E-state index contributed by atoms with van der Waals surface area (Å²) in [7, 11) is -3.36. The summed E-state index contributed by atoms with van der Waals surface area (Å²) in [5.74, 6) is -0.0283. The fraction of sp³-hybridized carbons (Fsp3) is 0.562. The Morgan fingerprint density at radius 1 is 1.17 bits per heavy atom. The Morgan fingerprint density at radius 2 is 1.83 bits per heavy atom. The van der Waals surface area contributed by atoms with Crippen LogP contribution in [-0.4, -0.2) is 27.1 Å². The number of amides is 1. The van der Waals surface area contributed by atoms with Crippen LogP contribution in [0.4, 0.5) is 5.69 Å². The highest BCUT2D eigenvalue weighted by Gasteiger charge is 2.14. The van der Waals surface area contributed by atoms with Crippen LogP contribution < -0.4 is 15.8 Å². The van der Waals surface area contributed by atoms with E-state index in [2.05, 4.69) is 10.0 Å². The van der Waals surface area contributed by atoms with Gasteiger partial charge in [0.15, 0.2) is 0 Å². The van der Waals surface area contributed by atoms with E-state index in [0.29, 0.717) is 18.7 Å². The molecular formula is C16H27N3O3S. The topological polar surface area (TPSA) is 101 Å². The van der Waals surface area contributed by atoms with Gasteiger partial charge in [0.05, 0.1) is 18.0 Å². The van der Waals surface area contributed by atoms with Crippen LogP contribution in [0.25, 0.3) is 0 Å². The van der Waals surface area contributed by atoms with Crippen molar-refractivity contribution >= 4 is 21.6 Å². The number of para-hydroxylation sites is 1. The van der Waals surface area contributed by atoms with Crippen molar-refractivity contribution < 1.29 is 13.2 Å². The highest BCUT2D eigenvalue weighted by molar-refractivity contribution is 7.92. The molecule has 0 heterocycles. The largest absolute Gasteiger partial charge is 0.350 e. The van der Waals surface area contributed by atoms with Crippen molar-refractivity contribution in [3.63, 3.8) is 0 Å². The van der Waals surface area contributed by atoms with Crippen molar-refractivity contribution in [2.45, 2.75) is 45.1 Å². The minimum atomic E-state index is -3.36. The second kappa shape index (κ2) is 9.52. The van der Waals surface area contributed by atoms with Gasteiger partial charge in [0.25, 0.3) is 0 Å². The van der Waals surface area contributed by atoms with Crippen LogP contribution in [0.2, 0.25) is 0 Å². The molecule has 1 amide bonds. The third-order valence-corrected chi connectivity index (χ3v) is 4.05. The molecule has 0 saturated heterocycles. The van der Waals surface area contributed by atoms with Crippen LogP contribution in [0.15, 0.2) is 24.3 Å². The highest BCUT2D eigenvalue weighted by atomic mass is 32.2. The van der Waals surface area contributed by atoms with Gasteiger partial charge in [-0.05, 0) is 37.9 Å². The highest BCUT2D eigenvalue weighted by Crippen LogP contribution is 2.23. The normalized spacial score (nSPS) is 12.7. The number of hydrogen-bond donors (Lipinski definition) is 3. The fourth-order valence-corrected chi connectivity index (χ4v) is 2.93. The van der Waals surface area contributed by atoms with Gasteiger partial charge in [-0.3, -0.25) is 9.52 Å². The van der Waals surface area contributed by atoms with Gasteiger partial charge in [0.1, 0.15) is 0 Å². The molecule has 0 aliphatic heterocycles. The molecule has 0 saturated carbocycles. The van der Waals surface area contributed by atoms with E-state index >= 15 is 0 Å². The van der Waals surface area contributed by atoms with E-state index in [-0.39, 0.29) is 11.9 Å². The monoisotopic (exact) mass is 341 g/mol. The van der Waals surface area contributed by atoms with E-state index in [1.165, 1.54) is 0 Å². The molecule has 1 atom stereocenters. The maximum Gasteiger partial charge on any atom is 0.229 e. The molecule has 1 aromatic rings. The van der Waals surface area contributed by atoms with Gasteiger partial charge < -0.3 is 11.1 Å². The third-order valence-electron chi connectivity index (χ3n) is 3.46. The molecule has 0 spiro atoms. The second-order valence-electron chi connectivity index (χ2n) is 5.70. The minimum absolute atomic E-state index is 0.0283. The summed E-state index contributed by atoms with van der Waals surface area (Å²) >= 11 is 0. The van der Waals surface area contributed by atoms with Crippen LogP contribution >= 0.6 is 0 Å². The maximum absolute atomic E-state index is 12.0. The molecule has 23 heavy (non-hydrogen) atoms. The zero-order valence-corrected chi connectivity index (χ0v) is 14.7. The van der Waals surface area contributed by atoms with Gasteiger partial charge >= 0.3 is 0 Å². The van der Waals surface area contributed by atoms with E-state index in [1.54, 1.807) is 18.2 Å². The predicted octanol–water partition coefficient (Wildman–Crippen LogP) is 2.14. The number of nitrogens with two attached hydrogens (primary N) is 1. The van der Waals surface area contributed by atoms with Crippen LogP contribution in [-0.2, 0) is 14.8 Å². The van der Waals surface area contributed by atoms with Crippen LogP contribution in [0.3, 0.4) is 0 Å². The second-order valence-corrected chi connectivity index (χ2v) is 7.45. The summed E-state index contributed by atoms with van der Waals surface area (Å²) in [6.07, 6.45) is 5.43. The zero-order valence-electron chi connectivity index (χ0n) is 13.8. The van der Waals surface area contributed by atoms with E-state index in [0.717, 1.165) is 37.5 Å². The van der Waals surface area contributed by atoms with Gasteiger partial charge in [-0.15, -0.1) is 0 Å². The Labute approximate surface area is 138 Å².